The van der Waals surface area contributed by atoms with E-state index in [0.29, 0.717) is 27.5 Å². The van der Waals surface area contributed by atoms with Crippen LogP contribution in [-0.4, -0.2) is 76.3 Å². The molecule has 0 aliphatic carbocycles. The first-order chi connectivity index (χ1) is 16.6. The molecule has 2 aromatic heterocycles. The summed E-state index contributed by atoms with van der Waals surface area (Å²) in [4.78, 5) is 34.8. The molecule has 1 saturated heterocycles. The zero-order valence-electron chi connectivity index (χ0n) is 18.8. The summed E-state index contributed by atoms with van der Waals surface area (Å²) in [5.41, 5.74) is 1.51. The number of aromatic nitrogens is 2. The van der Waals surface area contributed by atoms with Crippen molar-refractivity contribution in [3.8, 4) is 0 Å². The topological polar surface area (TPSA) is 136 Å². The molecule has 0 saturated carbocycles. The van der Waals surface area contributed by atoms with Crippen molar-refractivity contribution in [3.05, 3.63) is 44.9 Å². The van der Waals surface area contributed by atoms with E-state index in [1.165, 1.54) is 26.6 Å². The number of carboxylic acid groups (broad SMARTS) is 1. The Morgan fingerprint density at radius 2 is 2.09 bits per heavy atom. The lowest BCUT2D eigenvalue weighted by Gasteiger charge is -2.39. The third-order valence-electron chi connectivity index (χ3n) is 6.36. The summed E-state index contributed by atoms with van der Waals surface area (Å²) in [6.07, 6.45) is 0.350. The molecule has 3 N–H and O–H groups in total. The van der Waals surface area contributed by atoms with E-state index in [1.54, 1.807) is 18.2 Å². The predicted molar refractivity (Wildman–Crippen MR) is 131 cm³/mol. The van der Waals surface area contributed by atoms with Crippen LogP contribution in [-0.2, 0) is 27.8 Å². The van der Waals surface area contributed by atoms with Gasteiger partial charge in [-0.25, -0.2) is 13.4 Å². The third-order valence-corrected chi connectivity index (χ3v) is 9.47. The van der Waals surface area contributed by atoms with Gasteiger partial charge in [-0.2, -0.15) is 4.31 Å². The number of piperazine rings is 1. The van der Waals surface area contributed by atoms with Crippen LogP contribution in [0.4, 0.5) is 0 Å². The van der Waals surface area contributed by atoms with Crippen LogP contribution in [0.3, 0.4) is 0 Å². The molecule has 2 unspecified atom stereocenters. The quantitative estimate of drug-likeness (QED) is 0.454. The van der Waals surface area contributed by atoms with Gasteiger partial charge in [0, 0.05) is 59.4 Å². The van der Waals surface area contributed by atoms with Crippen molar-refractivity contribution in [1.82, 2.24) is 24.5 Å². The van der Waals surface area contributed by atoms with Crippen LogP contribution in [0.5, 0.6) is 0 Å². The van der Waals surface area contributed by atoms with Crippen molar-refractivity contribution >= 4 is 55.7 Å². The van der Waals surface area contributed by atoms with Crippen molar-refractivity contribution in [3.63, 3.8) is 0 Å². The number of H-pyrrole nitrogens is 1. The second-order valence-corrected chi connectivity index (χ2v) is 12.3. The molecule has 186 valence electrons. The maximum absolute atomic E-state index is 13.4. The number of amides is 1. The van der Waals surface area contributed by atoms with Crippen molar-refractivity contribution in [2.45, 2.75) is 43.4 Å². The highest BCUT2D eigenvalue weighted by molar-refractivity contribution is 7.89. The van der Waals surface area contributed by atoms with Gasteiger partial charge in [-0.1, -0.05) is 11.6 Å². The highest BCUT2D eigenvalue weighted by Crippen LogP contribution is 2.29. The average molecular weight is 538 g/mol. The Morgan fingerprint density at radius 3 is 2.86 bits per heavy atom. The first-order valence-corrected chi connectivity index (χ1v) is 13.8. The van der Waals surface area contributed by atoms with Gasteiger partial charge in [0.1, 0.15) is 5.03 Å². The zero-order valence-corrected chi connectivity index (χ0v) is 21.2. The number of aliphatic carboxylic acids is 1. The Bertz CT molecular complexity index is 1420. The summed E-state index contributed by atoms with van der Waals surface area (Å²) in [6.45, 7) is 2.68. The lowest BCUT2D eigenvalue weighted by molar-refractivity contribution is -0.138. The number of fused-ring (bicyclic) bond motifs is 2. The molecule has 4 heterocycles. The normalized spacial score (nSPS) is 21.3. The lowest BCUT2D eigenvalue weighted by atomic mass is 10.1. The Balaban J connectivity index is 1.39. The summed E-state index contributed by atoms with van der Waals surface area (Å²) < 4.78 is 28.0. The molecule has 2 aliphatic heterocycles. The monoisotopic (exact) mass is 537 g/mol. The summed E-state index contributed by atoms with van der Waals surface area (Å²) in [5.74, 6) is -1.47. The van der Waals surface area contributed by atoms with Crippen LogP contribution < -0.4 is 5.32 Å². The maximum atomic E-state index is 13.4. The molecule has 0 bridgehead atoms. The standard InChI is InChI=1S/C22H24ClN5O5S2/c1-12-6-17-18(10-24-12)34-21(26-17)22(31)28-5-4-27(11-15(28)9-20(29)30)35(32,33)19-8-13-7-14(23)2-3-16(13)25-19/h2-3,7-8,12,15,24-25H,4-6,9-11H2,1H3,(H,29,30). The van der Waals surface area contributed by atoms with Gasteiger partial charge in [0.15, 0.2) is 5.01 Å². The van der Waals surface area contributed by atoms with Gasteiger partial charge in [0.25, 0.3) is 15.9 Å². The maximum Gasteiger partial charge on any atom is 0.305 e. The molecule has 35 heavy (non-hydrogen) atoms. The SMILES string of the molecule is CC1Cc2nc(C(=O)N3CCN(S(=O)(=O)c4cc5cc(Cl)ccc5[nH]4)CC3CC(=O)O)sc2CN1. The van der Waals surface area contributed by atoms with E-state index in [4.69, 9.17) is 11.6 Å². The van der Waals surface area contributed by atoms with E-state index in [2.05, 4.69) is 15.3 Å². The Kier molecular flexibility index (Phi) is 6.34. The van der Waals surface area contributed by atoms with Crippen molar-refractivity contribution in [2.75, 3.05) is 19.6 Å². The Labute approximate surface area is 210 Å². The highest BCUT2D eigenvalue weighted by atomic mass is 35.5. The first kappa shape index (κ1) is 24.2. The molecular weight excluding hydrogens is 514 g/mol. The van der Waals surface area contributed by atoms with E-state index in [0.717, 1.165) is 17.0 Å². The number of carbonyl (C=O) groups excluding carboxylic acids is 1. The number of rotatable bonds is 5. The van der Waals surface area contributed by atoms with Crippen molar-refractivity contribution in [2.24, 2.45) is 0 Å². The van der Waals surface area contributed by atoms with Crippen LogP contribution in [0.25, 0.3) is 10.9 Å². The van der Waals surface area contributed by atoms with Crippen LogP contribution in [0.1, 0.15) is 33.7 Å². The number of nitrogens with zero attached hydrogens (tertiary/aromatic N) is 3. The number of sulfonamides is 1. The molecular formula is C22H24ClN5O5S2. The van der Waals surface area contributed by atoms with E-state index in [9.17, 15) is 23.1 Å². The fraction of sp³-hybridized carbons (Fsp3) is 0.409. The van der Waals surface area contributed by atoms with Crippen LogP contribution in [0.2, 0.25) is 5.02 Å². The Hall–Kier alpha value is -2.51. The fourth-order valence-electron chi connectivity index (χ4n) is 4.57. The van der Waals surface area contributed by atoms with Crippen LogP contribution in [0, 0.1) is 0 Å². The van der Waals surface area contributed by atoms with Gasteiger partial charge in [0.2, 0.25) is 0 Å². The van der Waals surface area contributed by atoms with E-state index in [-0.39, 0.29) is 43.0 Å². The van der Waals surface area contributed by atoms with Gasteiger partial charge < -0.3 is 20.3 Å². The van der Waals surface area contributed by atoms with Crippen molar-refractivity contribution in [1.29, 1.82) is 0 Å². The predicted octanol–water partition coefficient (Wildman–Crippen LogP) is 2.30. The number of hydrogen-bond donors (Lipinski definition) is 3. The van der Waals surface area contributed by atoms with Crippen LogP contribution in [0.15, 0.2) is 29.3 Å². The largest absolute Gasteiger partial charge is 0.481 e. The molecule has 2 aliphatic rings. The number of halogens is 1. The molecule has 0 spiro atoms. The zero-order chi connectivity index (χ0) is 24.9. The summed E-state index contributed by atoms with van der Waals surface area (Å²) in [6, 6.07) is 5.99. The minimum atomic E-state index is -3.95. The van der Waals surface area contributed by atoms with Gasteiger partial charge in [-0.3, -0.25) is 9.59 Å². The van der Waals surface area contributed by atoms with Gasteiger partial charge in [-0.05, 0) is 31.2 Å². The second kappa shape index (κ2) is 9.17. The van der Waals surface area contributed by atoms with Crippen molar-refractivity contribution < 1.29 is 23.1 Å². The number of nitrogens with one attached hydrogen (secondary N) is 2. The number of carbonyl (C=O) groups is 2. The lowest BCUT2D eigenvalue weighted by Crippen LogP contribution is -2.57. The van der Waals surface area contributed by atoms with E-state index < -0.39 is 22.0 Å². The number of benzene rings is 1. The fourth-order valence-corrected chi connectivity index (χ4v) is 7.23. The smallest absolute Gasteiger partial charge is 0.305 e. The summed E-state index contributed by atoms with van der Waals surface area (Å²) in [7, 11) is -3.95. The molecule has 5 rings (SSSR count). The number of carboxylic acids is 1. The number of thiazole rings is 1. The summed E-state index contributed by atoms with van der Waals surface area (Å²) in [5, 5.41) is 14.3. The van der Waals surface area contributed by atoms with E-state index >= 15 is 0 Å². The molecule has 13 heteroatoms. The molecule has 3 aromatic rings. The van der Waals surface area contributed by atoms with Crippen LogP contribution >= 0.6 is 22.9 Å². The molecule has 2 atom stereocenters. The first-order valence-electron chi connectivity index (χ1n) is 11.1. The Morgan fingerprint density at radius 1 is 1.29 bits per heavy atom. The summed E-state index contributed by atoms with van der Waals surface area (Å²) >= 11 is 7.33. The minimum Gasteiger partial charge on any atom is -0.481 e. The molecule has 1 aromatic carbocycles. The third kappa shape index (κ3) is 4.68. The molecule has 10 nitrogen and oxygen atoms in total. The number of hydrogen-bond acceptors (Lipinski definition) is 7. The molecule has 0 radical (unpaired) electrons. The second-order valence-electron chi connectivity index (χ2n) is 8.85. The number of aromatic amines is 1. The van der Waals surface area contributed by atoms with Gasteiger partial charge in [0.05, 0.1) is 18.2 Å². The van der Waals surface area contributed by atoms with Gasteiger partial charge in [-0.15, -0.1) is 11.3 Å². The highest BCUT2D eigenvalue weighted by Gasteiger charge is 2.39. The average Bonchev–Trinajstić information content (AvgIpc) is 3.42. The molecule has 1 fully saturated rings. The molecule has 1 amide bonds. The minimum absolute atomic E-state index is 0.00200. The van der Waals surface area contributed by atoms with E-state index in [1.807, 2.05) is 6.92 Å². The van der Waals surface area contributed by atoms with Gasteiger partial charge >= 0.3 is 5.97 Å².